The minimum Gasteiger partial charge on any atom is -0.508 e. The van der Waals surface area contributed by atoms with E-state index in [0.29, 0.717) is 12.2 Å². The number of nitrogens with zero attached hydrogens (tertiary/aromatic N) is 1. The van der Waals surface area contributed by atoms with E-state index in [0.717, 1.165) is 25.2 Å². The second kappa shape index (κ2) is 8.41. The number of hydrogen-bond acceptors (Lipinski definition) is 3. The van der Waals surface area contributed by atoms with Crippen molar-refractivity contribution in [1.29, 1.82) is 0 Å². The normalized spacial score (nSPS) is 17.8. The molecule has 1 N–H and O–H groups in total. The molecule has 142 valence electrons. The Morgan fingerprint density at radius 3 is 2.00 bits per heavy atom. The molecule has 0 radical (unpaired) electrons. The highest BCUT2D eigenvalue weighted by atomic mass is 16.3. The molecule has 1 saturated heterocycles. The summed E-state index contributed by atoms with van der Waals surface area (Å²) in [5.41, 5.74) is 3.54. The second-order valence-electron chi connectivity index (χ2n) is 7.52. The molecule has 1 aliphatic rings. The van der Waals surface area contributed by atoms with Gasteiger partial charge in [0.15, 0.2) is 0 Å². The Morgan fingerprint density at radius 2 is 1.43 bits per heavy atom. The molecule has 0 aromatic heterocycles. The second-order valence-corrected chi connectivity index (χ2v) is 7.52. The first kappa shape index (κ1) is 18.5. The van der Waals surface area contributed by atoms with Gasteiger partial charge in [0.1, 0.15) is 11.5 Å². The van der Waals surface area contributed by atoms with Crippen LogP contribution in [0.4, 0.5) is 0 Å². The molecule has 3 heteroatoms. The highest BCUT2D eigenvalue weighted by Crippen LogP contribution is 2.35. The maximum Gasteiger partial charge on any atom is 0.139 e. The van der Waals surface area contributed by atoms with Gasteiger partial charge in [0.05, 0.1) is 0 Å². The van der Waals surface area contributed by atoms with Crippen LogP contribution in [-0.2, 0) is 11.3 Å². The first-order valence-corrected chi connectivity index (χ1v) is 9.83. The number of likely N-dealkylation sites (tertiary alicyclic amines) is 1. The van der Waals surface area contributed by atoms with E-state index in [1.807, 2.05) is 48.5 Å². The lowest BCUT2D eigenvalue weighted by atomic mass is 9.76. The third-order valence-electron chi connectivity index (χ3n) is 5.61. The lowest BCUT2D eigenvalue weighted by Gasteiger charge is -2.36. The number of carbonyl (C=O) groups is 1. The summed E-state index contributed by atoms with van der Waals surface area (Å²) in [6, 6.07) is 28.1. The first-order valence-electron chi connectivity index (χ1n) is 9.83. The Kier molecular flexibility index (Phi) is 5.54. The Balaban J connectivity index is 1.61. The number of phenols is 1. The van der Waals surface area contributed by atoms with Crippen molar-refractivity contribution < 1.29 is 9.90 Å². The van der Waals surface area contributed by atoms with Crippen LogP contribution >= 0.6 is 0 Å². The van der Waals surface area contributed by atoms with Crippen molar-refractivity contribution >= 4 is 5.78 Å². The van der Waals surface area contributed by atoms with E-state index in [9.17, 15) is 9.90 Å². The predicted molar refractivity (Wildman–Crippen MR) is 111 cm³/mol. The van der Waals surface area contributed by atoms with Crippen molar-refractivity contribution in [3.05, 3.63) is 102 Å². The molecule has 0 saturated carbocycles. The number of benzene rings is 3. The summed E-state index contributed by atoms with van der Waals surface area (Å²) in [6.45, 7) is 2.32. The molecule has 28 heavy (non-hydrogen) atoms. The molecule has 1 heterocycles. The van der Waals surface area contributed by atoms with Crippen molar-refractivity contribution in [3.63, 3.8) is 0 Å². The molecular weight excluding hydrogens is 346 g/mol. The Labute approximate surface area is 166 Å². The summed E-state index contributed by atoms with van der Waals surface area (Å²) < 4.78 is 0. The number of carbonyl (C=O) groups excluding carboxylic acids is 1. The molecule has 1 aliphatic heterocycles. The lowest BCUT2D eigenvalue weighted by molar-refractivity contribution is -0.126. The minimum atomic E-state index is -0.0596. The number of aromatic hydroxyl groups is 1. The van der Waals surface area contributed by atoms with Gasteiger partial charge < -0.3 is 5.11 Å². The number of piperidine rings is 1. The van der Waals surface area contributed by atoms with E-state index in [-0.39, 0.29) is 17.6 Å². The van der Waals surface area contributed by atoms with E-state index in [1.165, 1.54) is 11.1 Å². The summed E-state index contributed by atoms with van der Waals surface area (Å²) in [5, 5.41) is 9.51. The molecule has 3 nitrogen and oxygen atoms in total. The average Bonchev–Trinajstić information content (AvgIpc) is 2.74. The monoisotopic (exact) mass is 371 g/mol. The number of rotatable bonds is 5. The van der Waals surface area contributed by atoms with E-state index in [1.54, 1.807) is 12.1 Å². The van der Waals surface area contributed by atoms with Gasteiger partial charge in [-0.2, -0.15) is 0 Å². The molecule has 3 aromatic rings. The highest BCUT2D eigenvalue weighted by Gasteiger charge is 2.35. The van der Waals surface area contributed by atoms with Gasteiger partial charge in [-0.15, -0.1) is 0 Å². The van der Waals surface area contributed by atoms with Gasteiger partial charge in [0.2, 0.25) is 0 Å². The Bertz CT molecular complexity index is 867. The maximum atomic E-state index is 13.0. The summed E-state index contributed by atoms with van der Waals surface area (Å²) >= 11 is 0. The van der Waals surface area contributed by atoms with E-state index >= 15 is 0 Å². The predicted octanol–water partition coefficient (Wildman–Crippen LogP) is 4.62. The van der Waals surface area contributed by atoms with Crippen LogP contribution in [0.25, 0.3) is 0 Å². The van der Waals surface area contributed by atoms with Crippen molar-refractivity contribution in [2.75, 3.05) is 13.1 Å². The van der Waals surface area contributed by atoms with E-state index in [2.05, 4.69) is 29.2 Å². The molecule has 1 fully saturated rings. The van der Waals surface area contributed by atoms with Crippen LogP contribution in [0.3, 0.4) is 0 Å². The van der Waals surface area contributed by atoms with Gasteiger partial charge in [0, 0.05) is 37.9 Å². The number of Topliss-reactive ketones (excluding diaryl/α,β-unsaturated/α-hetero) is 1. The van der Waals surface area contributed by atoms with Gasteiger partial charge in [-0.25, -0.2) is 0 Å². The largest absolute Gasteiger partial charge is 0.508 e. The topological polar surface area (TPSA) is 40.5 Å². The molecule has 3 aromatic carbocycles. The molecule has 4 rings (SSSR count). The van der Waals surface area contributed by atoms with Gasteiger partial charge in [0.25, 0.3) is 0 Å². The molecule has 0 spiro atoms. The van der Waals surface area contributed by atoms with Crippen LogP contribution in [0.5, 0.6) is 5.75 Å². The minimum absolute atomic E-state index is 0.0596. The quantitative estimate of drug-likeness (QED) is 0.712. The van der Waals surface area contributed by atoms with Crippen LogP contribution in [0, 0.1) is 5.92 Å². The zero-order chi connectivity index (χ0) is 19.3. The fourth-order valence-electron chi connectivity index (χ4n) is 4.20. The molecule has 0 amide bonds. The van der Waals surface area contributed by atoms with Crippen molar-refractivity contribution in [2.45, 2.75) is 18.9 Å². The third kappa shape index (κ3) is 4.15. The standard InChI is InChI=1S/C25H25NO2/c27-22-13-11-19(12-14-22)17-26-16-15-24(28)23(18-26)25(20-7-3-1-4-8-20)21-9-5-2-6-10-21/h1-14,23,25,27H,15-18H2. The zero-order valence-corrected chi connectivity index (χ0v) is 15.9. The molecule has 1 atom stereocenters. The molecule has 0 aliphatic carbocycles. The summed E-state index contributed by atoms with van der Waals surface area (Å²) in [6.07, 6.45) is 0.582. The van der Waals surface area contributed by atoms with Gasteiger partial charge in [-0.05, 0) is 28.8 Å². The number of phenolic OH excluding ortho intramolecular Hbond substituents is 1. The van der Waals surface area contributed by atoms with Crippen LogP contribution in [0.15, 0.2) is 84.9 Å². The van der Waals surface area contributed by atoms with Crippen LogP contribution < -0.4 is 0 Å². The third-order valence-corrected chi connectivity index (χ3v) is 5.61. The number of ketones is 1. The zero-order valence-electron chi connectivity index (χ0n) is 15.9. The van der Waals surface area contributed by atoms with Crippen LogP contribution in [0.2, 0.25) is 0 Å². The molecular formula is C25H25NO2. The van der Waals surface area contributed by atoms with Crippen LogP contribution in [0.1, 0.15) is 29.0 Å². The van der Waals surface area contributed by atoms with Crippen molar-refractivity contribution in [2.24, 2.45) is 5.92 Å². The number of hydrogen-bond donors (Lipinski definition) is 1. The summed E-state index contributed by atoms with van der Waals surface area (Å²) in [7, 11) is 0. The maximum absolute atomic E-state index is 13.0. The smallest absolute Gasteiger partial charge is 0.139 e. The molecule has 0 bridgehead atoms. The van der Waals surface area contributed by atoms with E-state index < -0.39 is 0 Å². The first-order chi connectivity index (χ1) is 13.7. The van der Waals surface area contributed by atoms with Crippen LogP contribution in [-0.4, -0.2) is 28.9 Å². The highest BCUT2D eigenvalue weighted by molar-refractivity contribution is 5.83. The van der Waals surface area contributed by atoms with E-state index in [4.69, 9.17) is 0 Å². The summed E-state index contributed by atoms with van der Waals surface area (Å²) in [4.78, 5) is 15.3. The van der Waals surface area contributed by atoms with Gasteiger partial charge >= 0.3 is 0 Å². The lowest BCUT2D eigenvalue weighted by Crippen LogP contribution is -2.43. The Hall–Kier alpha value is -2.91. The Morgan fingerprint density at radius 1 is 0.857 bits per heavy atom. The fraction of sp³-hybridized carbons (Fsp3) is 0.240. The fourth-order valence-corrected chi connectivity index (χ4v) is 4.20. The molecule has 1 unspecified atom stereocenters. The van der Waals surface area contributed by atoms with Crippen molar-refractivity contribution in [1.82, 2.24) is 4.90 Å². The van der Waals surface area contributed by atoms with Crippen molar-refractivity contribution in [3.8, 4) is 5.75 Å². The SMILES string of the molecule is O=C1CCN(Cc2ccc(O)cc2)CC1C(c1ccccc1)c1ccccc1. The summed E-state index contributed by atoms with van der Waals surface area (Å²) in [5.74, 6) is 0.636. The van der Waals surface area contributed by atoms with Gasteiger partial charge in [-0.3, -0.25) is 9.69 Å². The average molecular weight is 371 g/mol. The van der Waals surface area contributed by atoms with Gasteiger partial charge in [-0.1, -0.05) is 72.8 Å².